The van der Waals surface area contributed by atoms with Gasteiger partial charge in [-0.25, -0.2) is 9.59 Å². The maximum atomic E-state index is 12.6. The summed E-state index contributed by atoms with van der Waals surface area (Å²) in [5.41, 5.74) is 1.35. The molecular formula is C24H30O9. The Morgan fingerprint density at radius 2 is 1.79 bits per heavy atom. The van der Waals surface area contributed by atoms with Crippen molar-refractivity contribution in [2.75, 3.05) is 6.61 Å². The van der Waals surface area contributed by atoms with Crippen LogP contribution in [0.4, 0.5) is 0 Å². The Bertz CT molecular complexity index is 924. The quantitative estimate of drug-likeness (QED) is 0.283. The van der Waals surface area contributed by atoms with Gasteiger partial charge in [-0.05, 0) is 38.5 Å². The van der Waals surface area contributed by atoms with Crippen molar-refractivity contribution in [3.05, 3.63) is 47.1 Å². The summed E-state index contributed by atoms with van der Waals surface area (Å²) < 4.78 is 22.0. The summed E-state index contributed by atoms with van der Waals surface area (Å²) >= 11 is 0. The molecule has 0 amide bonds. The van der Waals surface area contributed by atoms with Gasteiger partial charge in [0.15, 0.2) is 12.2 Å². The number of aliphatic hydroxyl groups is 1. The molecule has 180 valence electrons. The first-order valence-corrected chi connectivity index (χ1v) is 10.5. The van der Waals surface area contributed by atoms with Crippen LogP contribution in [0, 0.1) is 5.92 Å². The average Bonchev–Trinajstić information content (AvgIpc) is 2.98. The van der Waals surface area contributed by atoms with Gasteiger partial charge >= 0.3 is 23.9 Å². The van der Waals surface area contributed by atoms with Gasteiger partial charge in [0.1, 0.15) is 12.2 Å². The standard InChI is InChI=1S/C24H30O9/c1-7-17(11-25)24(29)33-18-8-12(2)9-20(30-15(5)26)22(31-16(6)27)13(3)10-19-21(18)14(4)23(28)32-19/h7,9-10,18-22,25H,4,8,11H2,1-3,5-6H3/b12-9+,13-10-,17-7-/t18-,19-,20-,21-,22-/m1/s1. The van der Waals surface area contributed by atoms with Crippen molar-refractivity contribution in [2.45, 2.75) is 65.5 Å². The Morgan fingerprint density at radius 1 is 1.15 bits per heavy atom. The molecule has 0 saturated carbocycles. The summed E-state index contributed by atoms with van der Waals surface area (Å²) in [7, 11) is 0. The number of carbonyl (C=O) groups is 4. The lowest BCUT2D eigenvalue weighted by Gasteiger charge is -2.31. The first kappa shape index (κ1) is 26.1. The SMILES string of the molecule is C=C1C(=O)O[C@@H]2/C=C(/C)[C@@H](OC(C)=O)[C@H](OC(C)=O)/C=C(\C)C[C@@H](OC(=O)/C(=C\C)CO)[C@@H]12. The van der Waals surface area contributed by atoms with Gasteiger partial charge in [0, 0.05) is 25.8 Å². The van der Waals surface area contributed by atoms with E-state index in [1.807, 2.05) is 0 Å². The second kappa shape index (κ2) is 11.1. The molecule has 0 aromatic heterocycles. The van der Waals surface area contributed by atoms with Crippen LogP contribution in [0.5, 0.6) is 0 Å². The molecule has 1 heterocycles. The second-order valence-corrected chi connectivity index (χ2v) is 8.07. The lowest BCUT2D eigenvalue weighted by molar-refractivity contribution is -0.159. The summed E-state index contributed by atoms with van der Waals surface area (Å²) in [4.78, 5) is 48.4. The summed E-state index contributed by atoms with van der Waals surface area (Å²) in [5.74, 6) is -3.22. The molecule has 1 aliphatic heterocycles. The second-order valence-electron chi connectivity index (χ2n) is 8.07. The molecule has 2 aliphatic rings. The number of carbonyl (C=O) groups excluding carboxylic acids is 4. The highest BCUT2D eigenvalue weighted by molar-refractivity contribution is 5.92. The molecule has 33 heavy (non-hydrogen) atoms. The molecule has 0 aromatic carbocycles. The lowest BCUT2D eigenvalue weighted by Crippen LogP contribution is -2.38. The van der Waals surface area contributed by atoms with E-state index in [1.165, 1.54) is 19.9 Å². The first-order valence-electron chi connectivity index (χ1n) is 10.5. The van der Waals surface area contributed by atoms with Gasteiger partial charge in [0.2, 0.25) is 0 Å². The molecule has 9 heteroatoms. The van der Waals surface area contributed by atoms with Crippen LogP contribution in [0.15, 0.2) is 47.1 Å². The van der Waals surface area contributed by atoms with Crippen LogP contribution >= 0.6 is 0 Å². The zero-order valence-corrected chi connectivity index (χ0v) is 19.5. The fraction of sp³-hybridized carbons (Fsp3) is 0.500. The molecule has 0 unspecified atom stereocenters. The van der Waals surface area contributed by atoms with E-state index >= 15 is 0 Å². The maximum absolute atomic E-state index is 12.6. The Kier molecular flexibility index (Phi) is 8.76. The van der Waals surface area contributed by atoms with Crippen molar-refractivity contribution >= 4 is 23.9 Å². The van der Waals surface area contributed by atoms with Gasteiger partial charge < -0.3 is 24.1 Å². The topological polar surface area (TPSA) is 125 Å². The van der Waals surface area contributed by atoms with Gasteiger partial charge in [0.05, 0.1) is 18.1 Å². The average molecular weight is 462 g/mol. The minimum Gasteiger partial charge on any atom is -0.458 e. The minimum atomic E-state index is -0.947. The van der Waals surface area contributed by atoms with E-state index in [4.69, 9.17) is 18.9 Å². The summed E-state index contributed by atoms with van der Waals surface area (Å²) in [6, 6.07) is 0. The number of aliphatic hydroxyl groups excluding tert-OH is 1. The first-order chi connectivity index (χ1) is 15.5. The van der Waals surface area contributed by atoms with Crippen LogP contribution < -0.4 is 0 Å². The maximum Gasteiger partial charge on any atom is 0.336 e. The number of hydrogen-bond donors (Lipinski definition) is 1. The zero-order chi connectivity index (χ0) is 24.9. The van der Waals surface area contributed by atoms with Crippen LogP contribution in [-0.4, -0.2) is 60.0 Å². The Morgan fingerprint density at radius 3 is 2.33 bits per heavy atom. The predicted molar refractivity (Wildman–Crippen MR) is 116 cm³/mol. The van der Waals surface area contributed by atoms with Crippen molar-refractivity contribution in [2.24, 2.45) is 5.92 Å². The molecule has 1 fully saturated rings. The van der Waals surface area contributed by atoms with E-state index in [0.29, 0.717) is 11.1 Å². The van der Waals surface area contributed by atoms with Crippen LogP contribution in [0.2, 0.25) is 0 Å². The minimum absolute atomic E-state index is 0.0700. The largest absolute Gasteiger partial charge is 0.458 e. The van der Waals surface area contributed by atoms with Gasteiger partial charge in [-0.1, -0.05) is 18.2 Å². The Hall–Kier alpha value is -3.20. The van der Waals surface area contributed by atoms with Gasteiger partial charge in [-0.2, -0.15) is 0 Å². The van der Waals surface area contributed by atoms with Crippen molar-refractivity contribution in [1.82, 2.24) is 0 Å². The van der Waals surface area contributed by atoms with Crippen molar-refractivity contribution in [3.8, 4) is 0 Å². The number of esters is 4. The van der Waals surface area contributed by atoms with Gasteiger partial charge in [-0.3, -0.25) is 9.59 Å². The normalized spacial score (nSPS) is 31.2. The number of hydrogen-bond acceptors (Lipinski definition) is 9. The van der Waals surface area contributed by atoms with Crippen LogP contribution in [0.3, 0.4) is 0 Å². The molecule has 1 N–H and O–H groups in total. The molecule has 5 atom stereocenters. The molecule has 0 radical (unpaired) electrons. The smallest absolute Gasteiger partial charge is 0.336 e. The van der Waals surface area contributed by atoms with E-state index < -0.39 is 60.8 Å². The Labute approximate surface area is 192 Å². The number of ether oxygens (including phenoxy) is 4. The van der Waals surface area contributed by atoms with Gasteiger partial charge in [-0.15, -0.1) is 0 Å². The molecule has 1 saturated heterocycles. The van der Waals surface area contributed by atoms with Crippen LogP contribution in [0.1, 0.15) is 41.0 Å². The molecule has 0 bridgehead atoms. The molecule has 9 nitrogen and oxygen atoms in total. The summed E-state index contributed by atoms with van der Waals surface area (Å²) in [6.45, 7) is 10.8. The van der Waals surface area contributed by atoms with E-state index in [9.17, 15) is 24.3 Å². The van der Waals surface area contributed by atoms with E-state index in [2.05, 4.69) is 6.58 Å². The zero-order valence-electron chi connectivity index (χ0n) is 19.5. The van der Waals surface area contributed by atoms with Crippen molar-refractivity contribution in [3.63, 3.8) is 0 Å². The molecular weight excluding hydrogens is 432 g/mol. The molecule has 0 spiro atoms. The van der Waals surface area contributed by atoms with E-state index in [0.717, 1.165) is 0 Å². The third kappa shape index (κ3) is 6.41. The van der Waals surface area contributed by atoms with Crippen molar-refractivity contribution in [1.29, 1.82) is 0 Å². The van der Waals surface area contributed by atoms with E-state index in [1.54, 1.807) is 32.9 Å². The summed E-state index contributed by atoms with van der Waals surface area (Å²) in [6.07, 6.45) is 1.21. The number of rotatable bonds is 5. The molecule has 2 rings (SSSR count). The fourth-order valence-electron chi connectivity index (χ4n) is 3.90. The Balaban J connectivity index is 2.58. The van der Waals surface area contributed by atoms with Crippen molar-refractivity contribution < 1.29 is 43.2 Å². The highest BCUT2D eigenvalue weighted by atomic mass is 16.6. The molecule has 0 aromatic rings. The number of fused-ring (bicyclic) bond motifs is 1. The third-order valence-corrected chi connectivity index (χ3v) is 5.44. The predicted octanol–water partition coefficient (Wildman–Crippen LogP) is 2.09. The number of allylic oxidation sites excluding steroid dienone is 1. The third-order valence-electron chi connectivity index (χ3n) is 5.44. The fourth-order valence-corrected chi connectivity index (χ4v) is 3.90. The monoisotopic (exact) mass is 462 g/mol. The van der Waals surface area contributed by atoms with Crippen LogP contribution in [-0.2, 0) is 38.1 Å². The van der Waals surface area contributed by atoms with Crippen LogP contribution in [0.25, 0.3) is 0 Å². The summed E-state index contributed by atoms with van der Waals surface area (Å²) in [5, 5.41) is 9.42. The highest BCUT2D eigenvalue weighted by Gasteiger charge is 2.45. The lowest BCUT2D eigenvalue weighted by atomic mass is 9.84. The molecule has 1 aliphatic carbocycles. The van der Waals surface area contributed by atoms with E-state index in [-0.39, 0.29) is 17.6 Å². The van der Waals surface area contributed by atoms with Gasteiger partial charge in [0.25, 0.3) is 0 Å². The highest BCUT2D eigenvalue weighted by Crippen LogP contribution is 2.37.